The summed E-state index contributed by atoms with van der Waals surface area (Å²) in [5.41, 5.74) is 0. The van der Waals surface area contributed by atoms with Crippen LogP contribution >= 0.6 is 0 Å². The van der Waals surface area contributed by atoms with E-state index in [-0.39, 0.29) is 12.5 Å². The van der Waals surface area contributed by atoms with Crippen LogP contribution in [0.3, 0.4) is 0 Å². The van der Waals surface area contributed by atoms with Crippen LogP contribution in [0.15, 0.2) is 0 Å². The Kier molecular flexibility index (Phi) is 9.22. The van der Waals surface area contributed by atoms with Gasteiger partial charge in [-0.3, -0.25) is 4.79 Å². The molecule has 0 radical (unpaired) electrons. The molecular formula is C12H24N2O4. The molecule has 0 bridgehead atoms. The Labute approximate surface area is 108 Å². The highest BCUT2D eigenvalue weighted by Gasteiger charge is 2.19. The Morgan fingerprint density at radius 2 is 2.06 bits per heavy atom. The molecule has 6 nitrogen and oxygen atoms in total. The van der Waals surface area contributed by atoms with E-state index in [1.54, 1.807) is 0 Å². The second kappa shape index (κ2) is 9.85. The number of hydrogen-bond donors (Lipinski definition) is 3. The Morgan fingerprint density at radius 1 is 1.39 bits per heavy atom. The molecule has 2 atom stereocenters. The predicted octanol–water partition coefficient (Wildman–Crippen LogP) is -0.338. The van der Waals surface area contributed by atoms with Crippen molar-refractivity contribution in [1.82, 2.24) is 10.6 Å². The molecule has 3 N–H and O–H groups in total. The normalized spacial score (nSPS) is 13.8. The molecule has 0 saturated carbocycles. The summed E-state index contributed by atoms with van der Waals surface area (Å²) in [5.74, 6) is -0.430. The highest BCUT2D eigenvalue weighted by molar-refractivity contribution is 5.83. The summed E-state index contributed by atoms with van der Waals surface area (Å²) in [6.45, 7) is 4.61. The van der Waals surface area contributed by atoms with Crippen LogP contribution in [0.2, 0.25) is 0 Å². The van der Waals surface area contributed by atoms with Gasteiger partial charge in [0.2, 0.25) is 5.91 Å². The fourth-order valence-electron chi connectivity index (χ4n) is 1.49. The second-order valence-electron chi connectivity index (χ2n) is 4.41. The molecule has 0 aromatic heterocycles. The molecule has 0 heterocycles. The molecular weight excluding hydrogens is 236 g/mol. The van der Waals surface area contributed by atoms with E-state index in [2.05, 4.69) is 15.4 Å². The summed E-state index contributed by atoms with van der Waals surface area (Å²) in [4.78, 5) is 22.3. The molecule has 0 aliphatic rings. The fraction of sp³-hybridized carbons (Fsp3) is 0.833. The number of ether oxygens (including phenoxy) is 1. The number of carbonyl (C=O) groups is 2. The molecule has 0 aliphatic heterocycles. The van der Waals surface area contributed by atoms with Crippen molar-refractivity contribution in [3.05, 3.63) is 0 Å². The first-order valence-corrected chi connectivity index (χ1v) is 6.17. The van der Waals surface area contributed by atoms with E-state index in [0.29, 0.717) is 12.5 Å². The molecule has 18 heavy (non-hydrogen) atoms. The topological polar surface area (TPSA) is 87.7 Å². The summed E-state index contributed by atoms with van der Waals surface area (Å²) in [6, 6.07) is -0.650. The van der Waals surface area contributed by atoms with Crippen LogP contribution in [0.4, 0.5) is 0 Å². The van der Waals surface area contributed by atoms with Crippen molar-refractivity contribution in [3.63, 3.8) is 0 Å². The third-order valence-corrected chi connectivity index (χ3v) is 2.57. The highest BCUT2D eigenvalue weighted by Crippen LogP contribution is 2.02. The zero-order valence-corrected chi connectivity index (χ0v) is 11.4. The number of hydrogen-bond acceptors (Lipinski definition) is 5. The lowest BCUT2D eigenvalue weighted by atomic mass is 10.1. The van der Waals surface area contributed by atoms with Gasteiger partial charge in [0, 0.05) is 20.1 Å². The van der Waals surface area contributed by atoms with Gasteiger partial charge in [-0.15, -0.1) is 0 Å². The van der Waals surface area contributed by atoms with E-state index in [4.69, 9.17) is 5.11 Å². The summed E-state index contributed by atoms with van der Waals surface area (Å²) in [6.07, 6.45) is 1.84. The Bertz CT molecular complexity index is 258. The number of methoxy groups -OCH3 is 1. The van der Waals surface area contributed by atoms with E-state index >= 15 is 0 Å². The molecule has 106 valence electrons. The summed E-state index contributed by atoms with van der Waals surface area (Å²) in [5, 5.41) is 14.5. The molecule has 1 amide bonds. The van der Waals surface area contributed by atoms with Gasteiger partial charge in [-0.25, -0.2) is 4.79 Å². The average Bonchev–Trinajstić information content (AvgIpc) is 2.35. The lowest BCUT2D eigenvalue weighted by molar-refractivity contribution is -0.144. The molecule has 0 aromatic rings. The predicted molar refractivity (Wildman–Crippen MR) is 68.0 cm³/mol. The Balaban J connectivity index is 3.83. The minimum absolute atomic E-state index is 0.191. The number of aliphatic hydroxyl groups excluding tert-OH is 1. The highest BCUT2D eigenvalue weighted by atomic mass is 16.5. The number of aliphatic hydroxyl groups is 1. The molecule has 0 rings (SSSR count). The van der Waals surface area contributed by atoms with Gasteiger partial charge in [-0.05, 0) is 25.3 Å². The number of amides is 1. The Morgan fingerprint density at radius 3 is 2.56 bits per heavy atom. The van der Waals surface area contributed by atoms with Crippen LogP contribution in [0.25, 0.3) is 0 Å². The average molecular weight is 260 g/mol. The van der Waals surface area contributed by atoms with E-state index < -0.39 is 12.0 Å². The van der Waals surface area contributed by atoms with Gasteiger partial charge in [-0.2, -0.15) is 0 Å². The molecule has 0 spiro atoms. The third-order valence-electron chi connectivity index (χ3n) is 2.57. The number of nitrogens with one attached hydrogen (secondary N) is 2. The van der Waals surface area contributed by atoms with Gasteiger partial charge < -0.3 is 20.5 Å². The monoisotopic (exact) mass is 260 g/mol. The maximum atomic E-state index is 11.4. The largest absolute Gasteiger partial charge is 0.467 e. The van der Waals surface area contributed by atoms with Crippen LogP contribution in [0.5, 0.6) is 0 Å². The van der Waals surface area contributed by atoms with Crippen LogP contribution in [0, 0.1) is 5.92 Å². The van der Waals surface area contributed by atoms with Crippen molar-refractivity contribution in [2.24, 2.45) is 5.92 Å². The minimum Gasteiger partial charge on any atom is -0.467 e. The maximum absolute atomic E-state index is 11.4. The first-order valence-electron chi connectivity index (χ1n) is 6.17. The van der Waals surface area contributed by atoms with Crippen molar-refractivity contribution in [2.45, 2.75) is 32.7 Å². The van der Waals surface area contributed by atoms with Crippen LogP contribution in [0.1, 0.15) is 26.7 Å². The molecule has 2 unspecified atom stereocenters. The van der Waals surface area contributed by atoms with Gasteiger partial charge in [0.25, 0.3) is 0 Å². The minimum atomic E-state index is -0.650. The van der Waals surface area contributed by atoms with E-state index in [0.717, 1.165) is 19.4 Å². The van der Waals surface area contributed by atoms with Crippen LogP contribution in [-0.4, -0.2) is 49.8 Å². The molecule has 0 saturated heterocycles. The molecule has 0 aliphatic carbocycles. The molecule has 0 fully saturated rings. The number of carbonyl (C=O) groups excluding carboxylic acids is 2. The van der Waals surface area contributed by atoms with Crippen molar-refractivity contribution in [3.8, 4) is 0 Å². The fourth-order valence-corrected chi connectivity index (χ4v) is 1.49. The van der Waals surface area contributed by atoms with E-state index in [1.165, 1.54) is 14.0 Å². The Hall–Kier alpha value is -1.14. The van der Waals surface area contributed by atoms with Crippen LogP contribution in [-0.2, 0) is 14.3 Å². The maximum Gasteiger partial charge on any atom is 0.329 e. The van der Waals surface area contributed by atoms with Crippen molar-refractivity contribution >= 4 is 11.9 Å². The third kappa shape index (κ3) is 8.03. The van der Waals surface area contributed by atoms with Crippen molar-refractivity contribution < 1.29 is 19.4 Å². The lowest BCUT2D eigenvalue weighted by Gasteiger charge is -2.16. The summed E-state index contributed by atoms with van der Waals surface area (Å²) >= 11 is 0. The second-order valence-corrected chi connectivity index (χ2v) is 4.41. The van der Waals surface area contributed by atoms with Gasteiger partial charge in [0.1, 0.15) is 6.04 Å². The first kappa shape index (κ1) is 16.9. The summed E-state index contributed by atoms with van der Waals surface area (Å²) < 4.78 is 4.60. The lowest BCUT2D eigenvalue weighted by Crippen LogP contribution is -2.47. The molecule has 6 heteroatoms. The van der Waals surface area contributed by atoms with Crippen LogP contribution < -0.4 is 10.6 Å². The first-order chi connectivity index (χ1) is 8.51. The van der Waals surface area contributed by atoms with Crippen molar-refractivity contribution in [2.75, 3.05) is 26.8 Å². The number of rotatable bonds is 9. The van der Waals surface area contributed by atoms with Gasteiger partial charge >= 0.3 is 5.97 Å². The standard InChI is InChI=1S/C12H24N2O4/c1-9(8-15)5-4-6-13-7-11(12(17)18-3)14-10(2)16/h9,11,13,15H,4-8H2,1-3H3,(H,14,16). The summed E-state index contributed by atoms with van der Waals surface area (Å²) in [7, 11) is 1.29. The van der Waals surface area contributed by atoms with Gasteiger partial charge in [0.15, 0.2) is 0 Å². The van der Waals surface area contributed by atoms with E-state index in [1.807, 2.05) is 6.92 Å². The smallest absolute Gasteiger partial charge is 0.329 e. The van der Waals surface area contributed by atoms with Crippen molar-refractivity contribution in [1.29, 1.82) is 0 Å². The zero-order valence-electron chi connectivity index (χ0n) is 11.4. The van der Waals surface area contributed by atoms with Gasteiger partial charge in [-0.1, -0.05) is 6.92 Å². The number of esters is 1. The quantitative estimate of drug-likeness (QED) is 0.390. The molecule has 0 aromatic carbocycles. The van der Waals surface area contributed by atoms with Gasteiger partial charge in [0.05, 0.1) is 7.11 Å². The zero-order chi connectivity index (χ0) is 14.0. The van der Waals surface area contributed by atoms with E-state index in [9.17, 15) is 9.59 Å². The SMILES string of the molecule is COC(=O)C(CNCCCC(C)CO)NC(C)=O.